The van der Waals surface area contributed by atoms with Crippen molar-refractivity contribution in [3.05, 3.63) is 40.6 Å². The van der Waals surface area contributed by atoms with Gasteiger partial charge in [0.1, 0.15) is 18.0 Å². The van der Waals surface area contributed by atoms with Crippen LogP contribution in [0.5, 0.6) is 0 Å². The standard InChI is InChI=1S/C10H10BrFN4O2S/c1-16(5-10-13-6-14-15-10)19(17,18)9-4-7(12)2-3-8(9)11/h2-4,6H,5H2,1H3,(H,13,14,15). The molecule has 0 amide bonds. The Bertz CT molecular complexity index is 675. The first-order chi connectivity index (χ1) is 8.91. The van der Waals surface area contributed by atoms with Gasteiger partial charge < -0.3 is 0 Å². The maximum atomic E-state index is 13.2. The van der Waals surface area contributed by atoms with Gasteiger partial charge in [-0.1, -0.05) is 0 Å². The number of hydrogen-bond donors (Lipinski definition) is 1. The Morgan fingerprint density at radius 1 is 1.47 bits per heavy atom. The van der Waals surface area contributed by atoms with Crippen LogP contribution in [0.25, 0.3) is 0 Å². The van der Waals surface area contributed by atoms with E-state index in [9.17, 15) is 12.8 Å². The van der Waals surface area contributed by atoms with Gasteiger partial charge in [-0.2, -0.15) is 9.40 Å². The first kappa shape index (κ1) is 14.1. The van der Waals surface area contributed by atoms with E-state index in [4.69, 9.17) is 0 Å². The Morgan fingerprint density at radius 2 is 2.21 bits per heavy atom. The molecule has 19 heavy (non-hydrogen) atoms. The highest BCUT2D eigenvalue weighted by atomic mass is 79.9. The van der Waals surface area contributed by atoms with Crippen molar-refractivity contribution in [2.75, 3.05) is 7.05 Å². The lowest BCUT2D eigenvalue weighted by atomic mass is 10.3. The predicted molar refractivity (Wildman–Crippen MR) is 69.1 cm³/mol. The van der Waals surface area contributed by atoms with E-state index in [2.05, 4.69) is 31.1 Å². The number of halogens is 2. The third-order valence-corrected chi connectivity index (χ3v) is 5.22. The Hall–Kier alpha value is -1.32. The fraction of sp³-hybridized carbons (Fsp3) is 0.200. The van der Waals surface area contributed by atoms with Crippen LogP contribution in [-0.4, -0.2) is 35.0 Å². The molecule has 0 radical (unpaired) electrons. The third kappa shape index (κ3) is 2.99. The average molecular weight is 349 g/mol. The van der Waals surface area contributed by atoms with E-state index in [1.807, 2.05) is 0 Å². The van der Waals surface area contributed by atoms with E-state index < -0.39 is 15.8 Å². The molecule has 0 spiro atoms. The summed E-state index contributed by atoms with van der Waals surface area (Å²) >= 11 is 3.10. The van der Waals surface area contributed by atoms with Crippen LogP contribution in [0.2, 0.25) is 0 Å². The second-order valence-electron chi connectivity index (χ2n) is 3.77. The van der Waals surface area contributed by atoms with Crippen molar-refractivity contribution in [3.8, 4) is 0 Å². The van der Waals surface area contributed by atoms with Crippen LogP contribution < -0.4 is 0 Å². The van der Waals surface area contributed by atoms with Gasteiger partial charge in [-0.05, 0) is 34.1 Å². The number of rotatable bonds is 4. The number of nitrogens with zero attached hydrogens (tertiary/aromatic N) is 3. The van der Waals surface area contributed by atoms with Crippen molar-refractivity contribution >= 4 is 26.0 Å². The number of aromatic nitrogens is 3. The molecular weight excluding hydrogens is 339 g/mol. The third-order valence-electron chi connectivity index (χ3n) is 2.42. The summed E-state index contributed by atoms with van der Waals surface area (Å²) in [6.07, 6.45) is 1.29. The summed E-state index contributed by atoms with van der Waals surface area (Å²) in [5.74, 6) is -0.214. The maximum absolute atomic E-state index is 13.2. The highest BCUT2D eigenvalue weighted by molar-refractivity contribution is 9.10. The van der Waals surface area contributed by atoms with Crippen LogP contribution in [0.1, 0.15) is 5.82 Å². The van der Waals surface area contributed by atoms with E-state index in [0.717, 1.165) is 10.4 Å². The minimum atomic E-state index is -3.81. The molecule has 102 valence electrons. The monoisotopic (exact) mass is 348 g/mol. The molecule has 0 aliphatic carbocycles. The molecule has 1 N–H and O–H groups in total. The quantitative estimate of drug-likeness (QED) is 0.908. The van der Waals surface area contributed by atoms with Gasteiger partial charge in [-0.15, -0.1) is 0 Å². The molecule has 0 saturated heterocycles. The average Bonchev–Trinajstić information content (AvgIpc) is 2.85. The zero-order valence-corrected chi connectivity index (χ0v) is 12.2. The molecule has 0 bridgehead atoms. The van der Waals surface area contributed by atoms with Crippen LogP contribution in [0, 0.1) is 5.82 Å². The maximum Gasteiger partial charge on any atom is 0.244 e. The molecule has 0 atom stereocenters. The van der Waals surface area contributed by atoms with Gasteiger partial charge in [-0.25, -0.2) is 17.8 Å². The number of hydrogen-bond acceptors (Lipinski definition) is 4. The lowest BCUT2D eigenvalue weighted by Gasteiger charge is -2.16. The van der Waals surface area contributed by atoms with Crippen molar-refractivity contribution in [3.63, 3.8) is 0 Å². The van der Waals surface area contributed by atoms with Gasteiger partial charge in [0.2, 0.25) is 10.0 Å². The molecule has 1 heterocycles. The van der Waals surface area contributed by atoms with Crippen molar-refractivity contribution in [1.29, 1.82) is 0 Å². The molecule has 1 aromatic heterocycles. The summed E-state index contributed by atoms with van der Waals surface area (Å²) in [5, 5.41) is 6.20. The first-order valence-corrected chi connectivity index (χ1v) is 7.40. The fourth-order valence-corrected chi connectivity index (χ4v) is 3.51. The summed E-state index contributed by atoms with van der Waals surface area (Å²) in [5.41, 5.74) is 0. The molecule has 9 heteroatoms. The number of sulfonamides is 1. The van der Waals surface area contributed by atoms with Gasteiger partial charge in [0.05, 0.1) is 11.4 Å². The summed E-state index contributed by atoms with van der Waals surface area (Å²) in [6.45, 7) is 0.0191. The predicted octanol–water partition coefficient (Wildman–Crippen LogP) is 1.53. The van der Waals surface area contributed by atoms with Gasteiger partial charge in [0.15, 0.2) is 0 Å². The largest absolute Gasteiger partial charge is 0.262 e. The van der Waals surface area contributed by atoms with Crippen molar-refractivity contribution in [1.82, 2.24) is 19.5 Å². The second-order valence-corrected chi connectivity index (χ2v) is 6.64. The van der Waals surface area contributed by atoms with Gasteiger partial charge in [0.25, 0.3) is 0 Å². The van der Waals surface area contributed by atoms with Crippen molar-refractivity contribution < 1.29 is 12.8 Å². The number of benzene rings is 1. The van der Waals surface area contributed by atoms with Crippen LogP contribution in [0.4, 0.5) is 4.39 Å². The zero-order chi connectivity index (χ0) is 14.0. The highest BCUT2D eigenvalue weighted by Crippen LogP contribution is 2.25. The van der Waals surface area contributed by atoms with E-state index in [1.165, 1.54) is 25.5 Å². The number of aromatic amines is 1. The summed E-state index contributed by atoms with van der Waals surface area (Å²) in [4.78, 5) is 3.71. The zero-order valence-electron chi connectivity index (χ0n) is 9.84. The summed E-state index contributed by atoms with van der Waals surface area (Å²) in [6, 6.07) is 3.50. The molecule has 0 aliphatic rings. The molecule has 2 aromatic rings. The molecule has 0 unspecified atom stereocenters. The Balaban J connectivity index is 2.33. The Kier molecular flexibility index (Phi) is 3.97. The van der Waals surface area contributed by atoms with Crippen molar-refractivity contribution in [2.45, 2.75) is 11.4 Å². The summed E-state index contributed by atoms with van der Waals surface area (Å²) < 4.78 is 39.1. The smallest absolute Gasteiger partial charge is 0.244 e. The molecule has 0 fully saturated rings. The van der Waals surface area contributed by atoms with Gasteiger partial charge >= 0.3 is 0 Å². The molecule has 2 rings (SSSR count). The van der Waals surface area contributed by atoms with E-state index in [-0.39, 0.29) is 11.4 Å². The van der Waals surface area contributed by atoms with Gasteiger partial charge in [0, 0.05) is 11.5 Å². The van der Waals surface area contributed by atoms with Crippen LogP contribution in [-0.2, 0) is 16.6 Å². The highest BCUT2D eigenvalue weighted by Gasteiger charge is 2.24. The lowest BCUT2D eigenvalue weighted by molar-refractivity contribution is 0.456. The van der Waals surface area contributed by atoms with Crippen LogP contribution in [0.15, 0.2) is 33.9 Å². The molecule has 6 nitrogen and oxygen atoms in total. The molecule has 0 aliphatic heterocycles. The SMILES string of the molecule is CN(Cc1ncn[nH]1)S(=O)(=O)c1cc(F)ccc1Br. The lowest BCUT2D eigenvalue weighted by Crippen LogP contribution is -2.27. The Morgan fingerprint density at radius 3 is 2.84 bits per heavy atom. The minimum Gasteiger partial charge on any atom is -0.262 e. The minimum absolute atomic E-state index is 0.0191. The van der Waals surface area contributed by atoms with E-state index in [1.54, 1.807) is 0 Å². The van der Waals surface area contributed by atoms with E-state index >= 15 is 0 Å². The Labute approximate surface area is 117 Å². The number of H-pyrrole nitrogens is 1. The number of nitrogens with one attached hydrogen (secondary N) is 1. The summed E-state index contributed by atoms with van der Waals surface area (Å²) in [7, 11) is -2.43. The van der Waals surface area contributed by atoms with E-state index in [0.29, 0.717) is 10.3 Å². The molecular formula is C10H10BrFN4O2S. The van der Waals surface area contributed by atoms with Crippen molar-refractivity contribution in [2.24, 2.45) is 0 Å². The second kappa shape index (κ2) is 5.35. The molecule has 1 aromatic carbocycles. The first-order valence-electron chi connectivity index (χ1n) is 5.17. The van der Waals surface area contributed by atoms with Crippen LogP contribution in [0.3, 0.4) is 0 Å². The molecule has 0 saturated carbocycles. The van der Waals surface area contributed by atoms with Crippen LogP contribution >= 0.6 is 15.9 Å². The fourth-order valence-electron chi connectivity index (χ4n) is 1.45. The topological polar surface area (TPSA) is 79.0 Å². The van der Waals surface area contributed by atoms with Gasteiger partial charge in [-0.3, -0.25) is 5.10 Å². The normalized spacial score (nSPS) is 12.0.